The maximum Gasteiger partial charge on any atom is 0.335 e. The first-order valence-corrected chi connectivity index (χ1v) is 8.36. The van der Waals surface area contributed by atoms with Crippen LogP contribution in [0.3, 0.4) is 0 Å². The predicted molar refractivity (Wildman–Crippen MR) is 100 cm³/mol. The van der Waals surface area contributed by atoms with Gasteiger partial charge < -0.3 is 9.47 Å². The summed E-state index contributed by atoms with van der Waals surface area (Å²) in [6.07, 6.45) is 0.467. The van der Waals surface area contributed by atoms with Crippen LogP contribution >= 0.6 is 0 Å². The number of nitrogens with zero attached hydrogens (tertiary/aromatic N) is 2. The average molecular weight is 354 g/mol. The summed E-state index contributed by atoms with van der Waals surface area (Å²) >= 11 is 0. The van der Waals surface area contributed by atoms with Crippen molar-refractivity contribution in [3.05, 3.63) is 80.1 Å². The van der Waals surface area contributed by atoms with Crippen molar-refractivity contribution in [3.63, 3.8) is 0 Å². The van der Waals surface area contributed by atoms with Gasteiger partial charge in [0.1, 0.15) is 13.5 Å². The number of rotatable bonds is 6. The van der Waals surface area contributed by atoms with Crippen LogP contribution < -0.4 is 11.2 Å². The van der Waals surface area contributed by atoms with Gasteiger partial charge >= 0.3 is 5.69 Å². The van der Waals surface area contributed by atoms with Gasteiger partial charge in [0, 0.05) is 31.9 Å². The van der Waals surface area contributed by atoms with Crippen molar-refractivity contribution in [1.82, 2.24) is 9.13 Å². The number of fused-ring (bicyclic) bond motifs is 1. The minimum atomic E-state index is -0.431. The minimum absolute atomic E-state index is 0.0732. The van der Waals surface area contributed by atoms with E-state index < -0.39 is 5.69 Å². The van der Waals surface area contributed by atoms with Crippen molar-refractivity contribution < 1.29 is 9.47 Å². The molecule has 0 fully saturated rings. The topological polar surface area (TPSA) is 62.5 Å². The van der Waals surface area contributed by atoms with E-state index in [-0.39, 0.29) is 19.0 Å². The Labute approximate surface area is 151 Å². The monoisotopic (exact) mass is 354 g/mol. The van der Waals surface area contributed by atoms with Gasteiger partial charge in [0.2, 0.25) is 0 Å². The predicted octanol–water partition coefficient (Wildman–Crippen LogP) is 2.27. The van der Waals surface area contributed by atoms with E-state index in [1.54, 1.807) is 6.92 Å². The molecule has 26 heavy (non-hydrogen) atoms. The zero-order valence-corrected chi connectivity index (χ0v) is 15.2. The van der Waals surface area contributed by atoms with E-state index in [2.05, 4.69) is 0 Å². The molecule has 0 amide bonds. The lowest BCUT2D eigenvalue weighted by Crippen LogP contribution is -2.43. The van der Waals surface area contributed by atoms with E-state index in [1.807, 2.05) is 42.5 Å². The number of methoxy groups -OCH3 is 2. The summed E-state index contributed by atoms with van der Waals surface area (Å²) in [5, 5.41) is 2.22. The molecule has 0 aliphatic carbocycles. The molecule has 2 aromatic carbocycles. The minimum Gasteiger partial charge on any atom is -0.364 e. The highest BCUT2D eigenvalue weighted by atomic mass is 16.5. The van der Waals surface area contributed by atoms with Crippen molar-refractivity contribution in [2.24, 2.45) is 0 Å². The average Bonchev–Trinajstić information content (AvgIpc) is 2.66. The van der Waals surface area contributed by atoms with Crippen LogP contribution in [-0.4, -0.2) is 23.4 Å². The smallest absolute Gasteiger partial charge is 0.335 e. The zero-order valence-electron chi connectivity index (χ0n) is 15.2. The Balaban J connectivity index is 2.21. The summed E-state index contributed by atoms with van der Waals surface area (Å²) in [5.74, 6) is 0. The largest absolute Gasteiger partial charge is 0.364 e. The zero-order chi connectivity index (χ0) is 18.7. The third-order valence-electron chi connectivity index (χ3n) is 4.54. The van der Waals surface area contributed by atoms with Gasteiger partial charge in [-0.3, -0.25) is 9.36 Å². The quantitative estimate of drug-likeness (QED) is 0.681. The molecule has 3 rings (SSSR count). The van der Waals surface area contributed by atoms with E-state index in [0.717, 1.165) is 20.9 Å². The maximum atomic E-state index is 12.8. The molecule has 0 unspecified atom stereocenters. The fourth-order valence-corrected chi connectivity index (χ4v) is 3.24. The highest BCUT2D eigenvalue weighted by molar-refractivity contribution is 5.85. The summed E-state index contributed by atoms with van der Waals surface area (Å²) < 4.78 is 12.8. The molecule has 0 aliphatic heterocycles. The molecule has 136 valence electrons. The van der Waals surface area contributed by atoms with Crippen LogP contribution in [0.4, 0.5) is 0 Å². The first kappa shape index (κ1) is 18.1. The van der Waals surface area contributed by atoms with Crippen LogP contribution in [0, 0.1) is 6.92 Å². The van der Waals surface area contributed by atoms with E-state index in [4.69, 9.17) is 9.47 Å². The van der Waals surface area contributed by atoms with Gasteiger partial charge in [-0.15, -0.1) is 0 Å². The van der Waals surface area contributed by atoms with Crippen molar-refractivity contribution in [2.75, 3.05) is 14.2 Å². The Morgan fingerprint density at radius 3 is 2.27 bits per heavy atom. The van der Waals surface area contributed by atoms with Crippen molar-refractivity contribution in [1.29, 1.82) is 0 Å². The second-order valence-electron chi connectivity index (χ2n) is 6.17. The van der Waals surface area contributed by atoms with Gasteiger partial charge in [-0.25, -0.2) is 9.36 Å². The molecule has 0 saturated carbocycles. The summed E-state index contributed by atoms with van der Waals surface area (Å²) in [7, 11) is 2.97. The second kappa shape index (κ2) is 7.68. The van der Waals surface area contributed by atoms with Crippen LogP contribution in [0.25, 0.3) is 10.8 Å². The molecular formula is C20H22N2O4. The standard InChI is InChI=1S/C20H22N2O4/c1-14-18(11-16-9-6-8-15-7-4-5-10-17(15)16)21(12-25-2)20(24)22(13-26-3)19(14)23/h4-10H,11-13H2,1-3H3. The molecule has 0 N–H and O–H groups in total. The molecule has 3 aromatic rings. The fraction of sp³-hybridized carbons (Fsp3) is 0.300. The molecule has 1 heterocycles. The Morgan fingerprint density at radius 1 is 0.885 bits per heavy atom. The summed E-state index contributed by atoms with van der Waals surface area (Å²) in [6.45, 7) is 1.72. The normalized spacial score (nSPS) is 11.2. The lowest BCUT2D eigenvalue weighted by Gasteiger charge is -2.18. The van der Waals surface area contributed by atoms with Crippen LogP contribution in [-0.2, 0) is 29.4 Å². The van der Waals surface area contributed by atoms with Crippen LogP contribution in [0.1, 0.15) is 16.8 Å². The number of hydrogen-bond donors (Lipinski definition) is 0. The van der Waals surface area contributed by atoms with Crippen LogP contribution in [0.15, 0.2) is 52.1 Å². The molecule has 0 saturated heterocycles. The third-order valence-corrected chi connectivity index (χ3v) is 4.54. The first-order valence-electron chi connectivity index (χ1n) is 8.36. The summed E-state index contributed by atoms with van der Waals surface area (Å²) in [4.78, 5) is 25.4. The molecule has 6 heteroatoms. The number of benzene rings is 2. The van der Waals surface area contributed by atoms with Gasteiger partial charge in [-0.05, 0) is 23.3 Å². The van der Waals surface area contributed by atoms with Gasteiger partial charge in [0.15, 0.2) is 0 Å². The highest BCUT2D eigenvalue weighted by Crippen LogP contribution is 2.21. The van der Waals surface area contributed by atoms with Crippen molar-refractivity contribution >= 4 is 10.8 Å². The lowest BCUT2D eigenvalue weighted by molar-refractivity contribution is 0.103. The van der Waals surface area contributed by atoms with Gasteiger partial charge in [-0.1, -0.05) is 42.5 Å². The SMILES string of the molecule is COCn1c(Cc2cccc3ccccc23)c(C)c(=O)n(COC)c1=O. The highest BCUT2D eigenvalue weighted by Gasteiger charge is 2.17. The molecule has 0 spiro atoms. The molecular weight excluding hydrogens is 332 g/mol. The van der Waals surface area contributed by atoms with Gasteiger partial charge in [0.25, 0.3) is 5.56 Å². The number of hydrogen-bond acceptors (Lipinski definition) is 4. The third kappa shape index (κ3) is 3.21. The Kier molecular flexibility index (Phi) is 5.35. The lowest BCUT2D eigenvalue weighted by atomic mass is 9.99. The van der Waals surface area contributed by atoms with E-state index in [1.165, 1.54) is 18.8 Å². The Morgan fingerprint density at radius 2 is 1.54 bits per heavy atom. The molecule has 6 nitrogen and oxygen atoms in total. The number of ether oxygens (including phenoxy) is 2. The van der Waals surface area contributed by atoms with E-state index >= 15 is 0 Å². The molecule has 0 radical (unpaired) electrons. The first-order chi connectivity index (χ1) is 12.6. The molecule has 0 atom stereocenters. The maximum absolute atomic E-state index is 12.8. The summed E-state index contributed by atoms with van der Waals surface area (Å²) in [5.41, 5.74) is 1.47. The van der Waals surface area contributed by atoms with Crippen LogP contribution in [0.2, 0.25) is 0 Å². The van der Waals surface area contributed by atoms with Gasteiger partial charge in [0.05, 0.1) is 0 Å². The van der Waals surface area contributed by atoms with Crippen molar-refractivity contribution in [3.8, 4) is 0 Å². The Hall–Kier alpha value is -2.70. The Bertz CT molecular complexity index is 1040. The van der Waals surface area contributed by atoms with Crippen LogP contribution in [0.5, 0.6) is 0 Å². The molecule has 0 bridgehead atoms. The molecule has 1 aromatic heterocycles. The van der Waals surface area contributed by atoms with Crippen molar-refractivity contribution in [2.45, 2.75) is 26.8 Å². The van der Waals surface area contributed by atoms with E-state index in [0.29, 0.717) is 17.7 Å². The van der Waals surface area contributed by atoms with E-state index in [9.17, 15) is 9.59 Å². The second-order valence-corrected chi connectivity index (χ2v) is 6.17. The molecule has 0 aliphatic rings. The fourth-order valence-electron chi connectivity index (χ4n) is 3.24. The number of aromatic nitrogens is 2. The summed E-state index contributed by atoms with van der Waals surface area (Å²) in [6, 6.07) is 14.1. The van der Waals surface area contributed by atoms with Gasteiger partial charge in [-0.2, -0.15) is 0 Å².